The summed E-state index contributed by atoms with van der Waals surface area (Å²) in [7, 11) is 1.70. The average Bonchev–Trinajstić information content (AvgIpc) is 2.80. The molecule has 1 atom stereocenters. The number of pyridine rings is 1. The largest absolute Gasteiger partial charge is 0.383 e. The van der Waals surface area contributed by atoms with Crippen LogP contribution in [0, 0.1) is 0 Å². The lowest BCUT2D eigenvalue weighted by Gasteiger charge is -2.16. The summed E-state index contributed by atoms with van der Waals surface area (Å²) in [5.41, 5.74) is 7.86. The summed E-state index contributed by atoms with van der Waals surface area (Å²) in [6.45, 7) is 2.77. The lowest BCUT2D eigenvalue weighted by molar-refractivity contribution is 0.184. The van der Waals surface area contributed by atoms with Crippen molar-refractivity contribution in [3.63, 3.8) is 0 Å². The molecule has 0 spiro atoms. The number of aromatic nitrogens is 2. The van der Waals surface area contributed by atoms with Crippen LogP contribution in [0.1, 0.15) is 13.3 Å². The third-order valence-electron chi connectivity index (χ3n) is 2.86. The minimum Gasteiger partial charge on any atom is -0.383 e. The van der Waals surface area contributed by atoms with Gasteiger partial charge in [-0.25, -0.2) is 0 Å². The second kappa shape index (κ2) is 6.49. The van der Waals surface area contributed by atoms with Crippen LogP contribution in [0.3, 0.4) is 0 Å². The predicted molar refractivity (Wildman–Crippen MR) is 79.3 cm³/mol. The van der Waals surface area contributed by atoms with Crippen molar-refractivity contribution in [3.8, 4) is 11.1 Å². The number of nitrogens with two attached hydrogens (primary N) is 1. The highest BCUT2D eigenvalue weighted by Crippen LogP contribution is 2.36. The van der Waals surface area contributed by atoms with Gasteiger partial charge in [0.25, 0.3) is 0 Å². The summed E-state index contributed by atoms with van der Waals surface area (Å²) >= 11 is 1.37. The first-order valence-corrected chi connectivity index (χ1v) is 6.94. The molecule has 102 valence electrons. The lowest BCUT2D eigenvalue weighted by atomic mass is 10.1. The molecule has 0 aliphatic carbocycles. The summed E-state index contributed by atoms with van der Waals surface area (Å²) in [6.07, 6.45) is 4.51. The van der Waals surface area contributed by atoms with Crippen LogP contribution in [0.15, 0.2) is 24.5 Å². The number of nitrogens with zero attached hydrogens (tertiary/aromatic N) is 2. The Bertz CT molecular complexity index is 515. The molecule has 6 heteroatoms. The Morgan fingerprint density at radius 3 is 3.00 bits per heavy atom. The smallest absolute Gasteiger partial charge is 0.147 e. The molecule has 0 aliphatic rings. The van der Waals surface area contributed by atoms with E-state index in [2.05, 4.69) is 21.6 Å². The summed E-state index contributed by atoms with van der Waals surface area (Å²) < 4.78 is 9.43. The molecule has 3 N–H and O–H groups in total. The monoisotopic (exact) mass is 278 g/mol. The molecule has 2 rings (SSSR count). The topological polar surface area (TPSA) is 73.1 Å². The number of hydrogen-bond acceptors (Lipinski definition) is 6. The van der Waals surface area contributed by atoms with Crippen molar-refractivity contribution in [3.05, 3.63) is 24.5 Å². The van der Waals surface area contributed by atoms with Gasteiger partial charge in [-0.15, -0.1) is 0 Å². The van der Waals surface area contributed by atoms with Gasteiger partial charge in [-0.3, -0.25) is 4.98 Å². The number of anilines is 2. The van der Waals surface area contributed by atoms with E-state index in [-0.39, 0.29) is 6.04 Å². The highest BCUT2D eigenvalue weighted by atomic mass is 32.1. The van der Waals surface area contributed by atoms with Crippen LogP contribution in [-0.4, -0.2) is 29.1 Å². The van der Waals surface area contributed by atoms with Gasteiger partial charge in [0.05, 0.1) is 18.2 Å². The number of methoxy groups -OCH3 is 1. The molecule has 0 saturated carbocycles. The first-order valence-electron chi connectivity index (χ1n) is 6.17. The fourth-order valence-electron chi connectivity index (χ4n) is 1.84. The van der Waals surface area contributed by atoms with E-state index in [1.54, 1.807) is 19.5 Å². The molecule has 0 amide bonds. The molecular formula is C13H18N4OS. The van der Waals surface area contributed by atoms with Crippen molar-refractivity contribution in [2.24, 2.45) is 0 Å². The van der Waals surface area contributed by atoms with Gasteiger partial charge in [0.15, 0.2) is 0 Å². The zero-order valence-electron chi connectivity index (χ0n) is 11.1. The SMILES string of the molecule is CCC(COC)Nc1snc(N)c1-c1cccnc1. The van der Waals surface area contributed by atoms with Gasteiger partial charge in [0, 0.05) is 25.1 Å². The Morgan fingerprint density at radius 1 is 1.53 bits per heavy atom. The summed E-state index contributed by atoms with van der Waals surface area (Å²) in [6, 6.07) is 4.12. The van der Waals surface area contributed by atoms with Crippen LogP contribution in [-0.2, 0) is 4.74 Å². The zero-order valence-corrected chi connectivity index (χ0v) is 11.9. The van der Waals surface area contributed by atoms with Gasteiger partial charge in [0.2, 0.25) is 0 Å². The Kier molecular flexibility index (Phi) is 4.70. The van der Waals surface area contributed by atoms with Gasteiger partial charge in [0.1, 0.15) is 10.8 Å². The van der Waals surface area contributed by atoms with Crippen molar-refractivity contribution in [1.29, 1.82) is 0 Å². The summed E-state index contributed by atoms with van der Waals surface area (Å²) in [5.74, 6) is 0.535. The molecule has 1 unspecified atom stereocenters. The zero-order chi connectivity index (χ0) is 13.7. The van der Waals surface area contributed by atoms with Crippen molar-refractivity contribution in [2.45, 2.75) is 19.4 Å². The Hall–Kier alpha value is -1.66. The van der Waals surface area contributed by atoms with Gasteiger partial charge in [-0.2, -0.15) is 4.37 Å². The van der Waals surface area contributed by atoms with Crippen molar-refractivity contribution in [1.82, 2.24) is 9.36 Å². The molecular weight excluding hydrogens is 260 g/mol. The van der Waals surface area contributed by atoms with Gasteiger partial charge in [-0.05, 0) is 24.0 Å². The van der Waals surface area contributed by atoms with Crippen LogP contribution >= 0.6 is 11.5 Å². The third-order valence-corrected chi connectivity index (χ3v) is 3.66. The molecule has 2 aromatic rings. The van der Waals surface area contributed by atoms with E-state index < -0.39 is 0 Å². The fraction of sp³-hybridized carbons (Fsp3) is 0.385. The second-order valence-electron chi connectivity index (χ2n) is 4.22. The fourth-order valence-corrected chi connectivity index (χ4v) is 2.65. The van der Waals surface area contributed by atoms with Gasteiger partial charge in [-0.1, -0.05) is 13.0 Å². The molecule has 0 radical (unpaired) electrons. The maximum Gasteiger partial charge on any atom is 0.147 e. The van der Waals surface area contributed by atoms with Crippen LogP contribution < -0.4 is 11.1 Å². The molecule has 2 aromatic heterocycles. The molecule has 5 nitrogen and oxygen atoms in total. The minimum absolute atomic E-state index is 0.250. The number of nitrogen functional groups attached to an aromatic ring is 1. The highest BCUT2D eigenvalue weighted by Gasteiger charge is 2.16. The van der Waals surface area contributed by atoms with E-state index in [4.69, 9.17) is 10.5 Å². The second-order valence-corrected chi connectivity index (χ2v) is 4.99. The first-order chi connectivity index (χ1) is 9.26. The molecule has 0 bridgehead atoms. The van der Waals surface area contributed by atoms with Crippen molar-refractivity contribution >= 4 is 22.4 Å². The minimum atomic E-state index is 0.250. The maximum absolute atomic E-state index is 5.96. The van der Waals surface area contributed by atoms with Crippen molar-refractivity contribution in [2.75, 3.05) is 24.8 Å². The molecule has 0 aromatic carbocycles. The number of ether oxygens (including phenoxy) is 1. The molecule has 2 heterocycles. The number of nitrogens with one attached hydrogen (secondary N) is 1. The number of hydrogen-bond donors (Lipinski definition) is 2. The Labute approximate surface area is 117 Å². The Morgan fingerprint density at radius 2 is 2.37 bits per heavy atom. The van der Waals surface area contributed by atoms with Crippen LogP contribution in [0.5, 0.6) is 0 Å². The molecule has 0 saturated heterocycles. The van der Waals surface area contributed by atoms with Gasteiger partial charge >= 0.3 is 0 Å². The third kappa shape index (κ3) is 3.21. The van der Waals surface area contributed by atoms with Crippen LogP contribution in [0.25, 0.3) is 11.1 Å². The van der Waals surface area contributed by atoms with E-state index in [9.17, 15) is 0 Å². The first kappa shape index (κ1) is 13.8. The summed E-state index contributed by atoms with van der Waals surface area (Å²) in [5, 5.41) is 4.41. The van der Waals surface area contributed by atoms with Crippen LogP contribution in [0.4, 0.5) is 10.8 Å². The molecule has 0 aliphatic heterocycles. The predicted octanol–water partition coefficient (Wildman–Crippen LogP) is 2.62. The average molecular weight is 278 g/mol. The molecule has 19 heavy (non-hydrogen) atoms. The number of rotatable bonds is 6. The quantitative estimate of drug-likeness (QED) is 0.849. The van der Waals surface area contributed by atoms with Crippen molar-refractivity contribution < 1.29 is 4.74 Å². The van der Waals surface area contributed by atoms with E-state index in [0.717, 1.165) is 22.5 Å². The van der Waals surface area contributed by atoms with E-state index in [1.807, 2.05) is 12.1 Å². The van der Waals surface area contributed by atoms with Gasteiger partial charge < -0.3 is 15.8 Å². The lowest BCUT2D eigenvalue weighted by Crippen LogP contribution is -2.23. The maximum atomic E-state index is 5.96. The van der Waals surface area contributed by atoms with Crippen LogP contribution in [0.2, 0.25) is 0 Å². The van der Waals surface area contributed by atoms with E-state index in [1.165, 1.54) is 11.5 Å². The molecule has 0 fully saturated rings. The standard InChI is InChI=1S/C13H18N4OS/c1-3-10(8-18-2)16-13-11(12(14)17-19-13)9-5-4-6-15-7-9/h4-7,10,16H,3,8H2,1-2H3,(H2,14,17). The van der Waals surface area contributed by atoms with E-state index in [0.29, 0.717) is 12.4 Å². The summed E-state index contributed by atoms with van der Waals surface area (Å²) in [4.78, 5) is 4.13. The van der Waals surface area contributed by atoms with E-state index >= 15 is 0 Å². The Balaban J connectivity index is 2.28. The highest BCUT2D eigenvalue weighted by molar-refractivity contribution is 7.11. The normalized spacial score (nSPS) is 12.3.